The van der Waals surface area contributed by atoms with Crippen molar-refractivity contribution in [1.82, 2.24) is 5.43 Å². The first-order chi connectivity index (χ1) is 7.44. The van der Waals surface area contributed by atoms with Gasteiger partial charge >= 0.3 is 6.18 Å². The van der Waals surface area contributed by atoms with Crippen LogP contribution in [0.15, 0.2) is 21.2 Å². The number of hydrogen-bond acceptors (Lipinski definition) is 4. The second kappa shape index (κ2) is 5.67. The van der Waals surface area contributed by atoms with Gasteiger partial charge in [0.15, 0.2) is 0 Å². The van der Waals surface area contributed by atoms with Crippen molar-refractivity contribution in [3.05, 3.63) is 22.6 Å². The predicted octanol–water partition coefficient (Wildman–Crippen LogP) is 2.13. The molecule has 92 valence electrons. The maximum atomic E-state index is 11.8. The third kappa shape index (κ3) is 4.12. The summed E-state index contributed by atoms with van der Waals surface area (Å²) in [5.41, 5.74) is 2.32. The van der Waals surface area contributed by atoms with Gasteiger partial charge in [-0.15, -0.1) is 0 Å². The summed E-state index contributed by atoms with van der Waals surface area (Å²) in [7, 11) is 0. The molecule has 0 radical (unpaired) electrons. The molecule has 0 saturated heterocycles. The fraction of sp³-hybridized carbons (Fsp3) is 0.500. The van der Waals surface area contributed by atoms with Gasteiger partial charge in [-0.05, 0) is 22.0 Å². The number of hydrogen-bond donors (Lipinski definition) is 2. The highest BCUT2D eigenvalue weighted by Crippen LogP contribution is 2.25. The van der Waals surface area contributed by atoms with Crippen LogP contribution in [0.25, 0.3) is 0 Å². The second-order valence-corrected chi connectivity index (χ2v) is 3.84. The predicted molar refractivity (Wildman–Crippen MR) is 53.3 cm³/mol. The summed E-state index contributed by atoms with van der Waals surface area (Å²) in [6.07, 6.45) is -2.95. The largest absolute Gasteiger partial charge is 0.466 e. The minimum atomic E-state index is -4.35. The molecule has 0 spiro atoms. The van der Waals surface area contributed by atoms with Crippen LogP contribution in [0, 0.1) is 0 Å². The van der Waals surface area contributed by atoms with Gasteiger partial charge in [0, 0.05) is 0 Å². The summed E-state index contributed by atoms with van der Waals surface area (Å²) in [4.78, 5) is 0. The molecule has 1 rings (SSSR count). The molecule has 0 fully saturated rings. The third-order valence-electron chi connectivity index (χ3n) is 1.71. The number of halogens is 4. The molecular formula is C8H10BrF3N2O2. The van der Waals surface area contributed by atoms with Crippen LogP contribution < -0.4 is 11.3 Å². The average Bonchev–Trinajstić information content (AvgIpc) is 2.58. The minimum Gasteiger partial charge on any atom is -0.466 e. The van der Waals surface area contributed by atoms with Crippen molar-refractivity contribution in [3.8, 4) is 0 Å². The van der Waals surface area contributed by atoms with E-state index in [0.29, 0.717) is 10.2 Å². The first-order valence-electron chi connectivity index (χ1n) is 4.27. The number of alkyl halides is 3. The molecule has 1 unspecified atom stereocenters. The Balaban J connectivity index is 2.48. The normalized spacial score (nSPS) is 14.1. The zero-order valence-electron chi connectivity index (χ0n) is 8.05. The van der Waals surface area contributed by atoms with Crippen molar-refractivity contribution in [1.29, 1.82) is 0 Å². The Bertz CT molecular complexity index is 329. The van der Waals surface area contributed by atoms with Gasteiger partial charge in [-0.3, -0.25) is 5.84 Å². The van der Waals surface area contributed by atoms with Gasteiger partial charge in [-0.25, -0.2) is 5.43 Å². The minimum absolute atomic E-state index is 0.234. The summed E-state index contributed by atoms with van der Waals surface area (Å²) in [5.74, 6) is 5.58. The molecule has 8 heteroatoms. The van der Waals surface area contributed by atoms with Gasteiger partial charge in [-0.2, -0.15) is 13.2 Å². The standard InChI is InChI=1S/C8H10BrF3N2O2/c9-5-1-2-16-7(5)6(14-13)3-15-4-8(10,11)12/h1-2,6,14H,3-4,13H2. The highest BCUT2D eigenvalue weighted by atomic mass is 79.9. The smallest absolute Gasteiger partial charge is 0.411 e. The quantitative estimate of drug-likeness (QED) is 0.646. The van der Waals surface area contributed by atoms with E-state index in [-0.39, 0.29) is 6.61 Å². The van der Waals surface area contributed by atoms with Crippen molar-refractivity contribution >= 4 is 15.9 Å². The lowest BCUT2D eigenvalue weighted by atomic mass is 10.2. The maximum Gasteiger partial charge on any atom is 0.411 e. The molecule has 0 aliphatic heterocycles. The van der Waals surface area contributed by atoms with E-state index in [2.05, 4.69) is 26.1 Å². The fourth-order valence-electron chi connectivity index (χ4n) is 1.05. The Labute approximate surface area is 98.0 Å². The SMILES string of the molecule is NNC(COCC(F)(F)F)c1occc1Br. The van der Waals surface area contributed by atoms with Crippen LogP contribution in [0.1, 0.15) is 11.8 Å². The Kier molecular flexibility index (Phi) is 4.78. The van der Waals surface area contributed by atoms with Gasteiger partial charge in [-0.1, -0.05) is 0 Å². The van der Waals surface area contributed by atoms with E-state index >= 15 is 0 Å². The second-order valence-electron chi connectivity index (χ2n) is 2.98. The van der Waals surface area contributed by atoms with Crippen molar-refractivity contribution in [2.75, 3.05) is 13.2 Å². The lowest BCUT2D eigenvalue weighted by Gasteiger charge is -2.15. The van der Waals surface area contributed by atoms with E-state index in [1.807, 2.05) is 0 Å². The van der Waals surface area contributed by atoms with Gasteiger partial charge in [0.1, 0.15) is 18.4 Å². The van der Waals surface area contributed by atoms with Gasteiger partial charge in [0.05, 0.1) is 17.3 Å². The number of rotatable bonds is 5. The zero-order chi connectivity index (χ0) is 12.2. The summed E-state index contributed by atoms with van der Waals surface area (Å²) < 4.78 is 45.6. The van der Waals surface area contributed by atoms with E-state index in [9.17, 15) is 13.2 Å². The van der Waals surface area contributed by atoms with Crippen LogP contribution in [0.2, 0.25) is 0 Å². The van der Waals surface area contributed by atoms with Crippen LogP contribution in [-0.4, -0.2) is 19.4 Å². The lowest BCUT2D eigenvalue weighted by Crippen LogP contribution is -2.32. The van der Waals surface area contributed by atoms with Crippen molar-refractivity contribution in [3.63, 3.8) is 0 Å². The summed E-state index contributed by atoms with van der Waals surface area (Å²) in [5, 5.41) is 0. The molecule has 16 heavy (non-hydrogen) atoms. The monoisotopic (exact) mass is 302 g/mol. The van der Waals surface area contributed by atoms with E-state index in [1.54, 1.807) is 6.07 Å². The van der Waals surface area contributed by atoms with Crippen LogP contribution in [0.5, 0.6) is 0 Å². The zero-order valence-corrected chi connectivity index (χ0v) is 9.64. The number of hydrazine groups is 1. The number of furan rings is 1. The Morgan fingerprint density at radius 3 is 2.69 bits per heavy atom. The third-order valence-corrected chi connectivity index (χ3v) is 2.37. The number of nitrogens with two attached hydrogens (primary N) is 1. The molecule has 0 bridgehead atoms. The average molecular weight is 303 g/mol. The molecular weight excluding hydrogens is 293 g/mol. The molecule has 1 aromatic heterocycles. The molecule has 4 nitrogen and oxygen atoms in total. The Morgan fingerprint density at radius 2 is 2.25 bits per heavy atom. The lowest BCUT2D eigenvalue weighted by molar-refractivity contribution is -0.175. The molecule has 0 amide bonds. The van der Waals surface area contributed by atoms with E-state index in [4.69, 9.17) is 10.3 Å². The fourth-order valence-corrected chi connectivity index (χ4v) is 1.52. The maximum absolute atomic E-state index is 11.8. The van der Waals surface area contributed by atoms with Crippen LogP contribution in [0.3, 0.4) is 0 Å². The highest BCUT2D eigenvalue weighted by molar-refractivity contribution is 9.10. The number of ether oxygens (including phenoxy) is 1. The highest BCUT2D eigenvalue weighted by Gasteiger charge is 2.28. The van der Waals surface area contributed by atoms with Crippen molar-refractivity contribution in [2.24, 2.45) is 5.84 Å². The van der Waals surface area contributed by atoms with Crippen LogP contribution in [-0.2, 0) is 4.74 Å². The molecule has 0 aliphatic rings. The molecule has 3 N–H and O–H groups in total. The van der Waals surface area contributed by atoms with Crippen LogP contribution >= 0.6 is 15.9 Å². The first kappa shape index (κ1) is 13.5. The molecule has 0 saturated carbocycles. The van der Waals surface area contributed by atoms with Crippen molar-refractivity contribution in [2.45, 2.75) is 12.2 Å². The summed E-state index contributed by atoms with van der Waals surface area (Å²) in [6.45, 7) is -1.55. The molecule has 0 aromatic carbocycles. The molecule has 1 aromatic rings. The number of nitrogens with one attached hydrogen (secondary N) is 1. The summed E-state index contributed by atoms with van der Waals surface area (Å²) >= 11 is 3.17. The van der Waals surface area contributed by atoms with E-state index < -0.39 is 18.8 Å². The van der Waals surface area contributed by atoms with Crippen molar-refractivity contribution < 1.29 is 22.3 Å². The topological polar surface area (TPSA) is 60.4 Å². The molecule has 0 aliphatic carbocycles. The molecule has 1 heterocycles. The first-order valence-corrected chi connectivity index (χ1v) is 5.07. The van der Waals surface area contributed by atoms with Gasteiger partial charge < -0.3 is 9.15 Å². The Morgan fingerprint density at radius 1 is 1.56 bits per heavy atom. The molecule has 1 atom stereocenters. The van der Waals surface area contributed by atoms with Gasteiger partial charge in [0.2, 0.25) is 0 Å². The van der Waals surface area contributed by atoms with E-state index in [0.717, 1.165) is 0 Å². The van der Waals surface area contributed by atoms with Crippen LogP contribution in [0.4, 0.5) is 13.2 Å². The van der Waals surface area contributed by atoms with E-state index in [1.165, 1.54) is 6.26 Å². The Hall–Kier alpha value is -0.570. The van der Waals surface area contributed by atoms with Gasteiger partial charge in [0.25, 0.3) is 0 Å². The summed E-state index contributed by atoms with van der Waals surface area (Å²) in [6, 6.07) is 0.982.